The molecule has 3 nitrogen and oxygen atoms in total. The standard InChI is InChI=1S/C6H5Cl2N3/c1-3(9)4-2-10-6(8)11-5(4)7/h2H,1,9H2. The zero-order valence-electron chi connectivity index (χ0n) is 5.51. The zero-order chi connectivity index (χ0) is 8.43. The number of rotatable bonds is 1. The van der Waals surface area contributed by atoms with Gasteiger partial charge in [-0.2, -0.15) is 0 Å². The van der Waals surface area contributed by atoms with E-state index in [1.807, 2.05) is 0 Å². The first-order valence-electron chi connectivity index (χ1n) is 2.74. The predicted octanol–water partition coefficient (Wildman–Crippen LogP) is 1.71. The van der Waals surface area contributed by atoms with Crippen molar-refractivity contribution in [2.75, 3.05) is 0 Å². The molecule has 0 fully saturated rings. The van der Waals surface area contributed by atoms with Gasteiger partial charge in [0.05, 0.1) is 5.56 Å². The highest BCUT2D eigenvalue weighted by molar-refractivity contribution is 6.32. The molecule has 0 saturated carbocycles. The Morgan fingerprint density at radius 2 is 2.18 bits per heavy atom. The molecule has 0 radical (unpaired) electrons. The summed E-state index contributed by atoms with van der Waals surface area (Å²) in [4.78, 5) is 7.36. The van der Waals surface area contributed by atoms with Crippen molar-refractivity contribution < 1.29 is 0 Å². The van der Waals surface area contributed by atoms with Crippen molar-refractivity contribution in [3.05, 3.63) is 28.8 Å². The van der Waals surface area contributed by atoms with E-state index >= 15 is 0 Å². The van der Waals surface area contributed by atoms with E-state index < -0.39 is 0 Å². The van der Waals surface area contributed by atoms with Gasteiger partial charge in [0.1, 0.15) is 5.15 Å². The molecule has 0 aliphatic heterocycles. The summed E-state index contributed by atoms with van der Waals surface area (Å²) in [5.74, 6) is 0. The van der Waals surface area contributed by atoms with E-state index in [0.717, 1.165) is 0 Å². The van der Waals surface area contributed by atoms with Gasteiger partial charge in [-0.05, 0) is 11.6 Å². The summed E-state index contributed by atoms with van der Waals surface area (Å²) in [6.45, 7) is 3.49. The molecular weight excluding hydrogens is 185 g/mol. The Balaban J connectivity index is 3.20. The lowest BCUT2D eigenvalue weighted by atomic mass is 10.3. The van der Waals surface area contributed by atoms with Crippen LogP contribution >= 0.6 is 23.2 Å². The fraction of sp³-hybridized carbons (Fsp3) is 0. The van der Waals surface area contributed by atoms with Crippen LogP contribution in [0.2, 0.25) is 10.4 Å². The highest BCUT2D eigenvalue weighted by Gasteiger charge is 2.03. The summed E-state index contributed by atoms with van der Waals surface area (Å²) in [5.41, 5.74) is 6.20. The molecule has 0 atom stereocenters. The van der Waals surface area contributed by atoms with Crippen molar-refractivity contribution in [2.45, 2.75) is 0 Å². The first kappa shape index (κ1) is 8.30. The van der Waals surface area contributed by atoms with Crippen LogP contribution in [-0.2, 0) is 0 Å². The second kappa shape index (κ2) is 3.07. The molecule has 0 amide bonds. The van der Waals surface area contributed by atoms with Crippen LogP contribution in [0, 0.1) is 0 Å². The van der Waals surface area contributed by atoms with Crippen LogP contribution in [0.5, 0.6) is 0 Å². The van der Waals surface area contributed by atoms with Crippen molar-refractivity contribution in [1.29, 1.82) is 0 Å². The van der Waals surface area contributed by atoms with Gasteiger partial charge in [-0.3, -0.25) is 0 Å². The molecule has 1 heterocycles. The van der Waals surface area contributed by atoms with Gasteiger partial charge >= 0.3 is 0 Å². The maximum absolute atomic E-state index is 5.65. The normalized spacial score (nSPS) is 9.64. The smallest absolute Gasteiger partial charge is 0.223 e. The van der Waals surface area contributed by atoms with Crippen LogP contribution in [0.3, 0.4) is 0 Å². The molecule has 1 rings (SSSR count). The number of nitrogens with two attached hydrogens (primary N) is 1. The minimum atomic E-state index is 0.0972. The molecule has 0 unspecified atom stereocenters. The number of hydrogen-bond acceptors (Lipinski definition) is 3. The first-order valence-corrected chi connectivity index (χ1v) is 3.49. The summed E-state index contributed by atoms with van der Waals surface area (Å²) in [7, 11) is 0. The van der Waals surface area contributed by atoms with Crippen LogP contribution in [0.15, 0.2) is 12.8 Å². The molecule has 58 valence electrons. The summed E-state index contributed by atoms with van der Waals surface area (Å²) >= 11 is 11.1. The molecule has 1 aromatic rings. The third-order valence-corrected chi connectivity index (χ3v) is 1.53. The second-order valence-electron chi connectivity index (χ2n) is 1.87. The third kappa shape index (κ3) is 1.82. The summed E-state index contributed by atoms with van der Waals surface area (Å²) in [6.07, 6.45) is 1.43. The van der Waals surface area contributed by atoms with E-state index in [2.05, 4.69) is 16.5 Å². The predicted molar refractivity (Wildman–Crippen MR) is 45.3 cm³/mol. The monoisotopic (exact) mass is 189 g/mol. The quantitative estimate of drug-likeness (QED) is 0.541. The maximum Gasteiger partial charge on any atom is 0.223 e. The number of halogens is 2. The Morgan fingerprint density at radius 1 is 1.55 bits per heavy atom. The van der Waals surface area contributed by atoms with Gasteiger partial charge in [0, 0.05) is 11.9 Å². The van der Waals surface area contributed by atoms with Crippen LogP contribution in [0.4, 0.5) is 0 Å². The summed E-state index contributed by atoms with van der Waals surface area (Å²) in [5, 5.41) is 0.317. The Hall–Kier alpha value is -0.800. The topological polar surface area (TPSA) is 51.8 Å². The van der Waals surface area contributed by atoms with Gasteiger partial charge in [0.15, 0.2) is 0 Å². The molecule has 0 aliphatic rings. The molecule has 2 N–H and O–H groups in total. The van der Waals surface area contributed by atoms with E-state index in [-0.39, 0.29) is 10.4 Å². The molecule has 0 spiro atoms. The maximum atomic E-state index is 5.65. The lowest BCUT2D eigenvalue weighted by Crippen LogP contribution is -1.97. The van der Waals surface area contributed by atoms with Crippen LogP contribution in [0.1, 0.15) is 5.56 Å². The highest BCUT2D eigenvalue weighted by Crippen LogP contribution is 2.17. The zero-order valence-corrected chi connectivity index (χ0v) is 7.02. The van der Waals surface area contributed by atoms with E-state index in [4.69, 9.17) is 28.9 Å². The van der Waals surface area contributed by atoms with E-state index in [1.54, 1.807) is 0 Å². The van der Waals surface area contributed by atoms with Gasteiger partial charge in [-0.15, -0.1) is 0 Å². The highest BCUT2D eigenvalue weighted by atomic mass is 35.5. The van der Waals surface area contributed by atoms with Gasteiger partial charge < -0.3 is 5.73 Å². The minimum Gasteiger partial charge on any atom is -0.399 e. The lowest BCUT2D eigenvalue weighted by Gasteiger charge is -1.99. The Morgan fingerprint density at radius 3 is 2.64 bits per heavy atom. The molecule has 0 bridgehead atoms. The van der Waals surface area contributed by atoms with Crippen molar-refractivity contribution in [1.82, 2.24) is 9.97 Å². The van der Waals surface area contributed by atoms with Gasteiger partial charge in [-0.1, -0.05) is 18.2 Å². The van der Waals surface area contributed by atoms with E-state index in [0.29, 0.717) is 11.3 Å². The Bertz CT molecular complexity index is 298. The van der Waals surface area contributed by atoms with E-state index in [1.165, 1.54) is 6.20 Å². The molecule has 5 heteroatoms. The summed E-state index contributed by atoms with van der Waals surface area (Å²) < 4.78 is 0. The van der Waals surface area contributed by atoms with Crippen LogP contribution in [-0.4, -0.2) is 9.97 Å². The SMILES string of the molecule is C=C(N)c1cnc(Cl)nc1Cl. The average molecular weight is 190 g/mol. The largest absolute Gasteiger partial charge is 0.399 e. The molecule has 0 aliphatic carbocycles. The average Bonchev–Trinajstić information content (AvgIpc) is 1.85. The van der Waals surface area contributed by atoms with Gasteiger partial charge in [0.25, 0.3) is 0 Å². The number of nitrogens with zero attached hydrogens (tertiary/aromatic N) is 2. The van der Waals surface area contributed by atoms with Crippen molar-refractivity contribution in [2.24, 2.45) is 5.73 Å². The molecule has 11 heavy (non-hydrogen) atoms. The van der Waals surface area contributed by atoms with Crippen molar-refractivity contribution in [3.63, 3.8) is 0 Å². The number of hydrogen-bond donors (Lipinski definition) is 1. The fourth-order valence-corrected chi connectivity index (χ4v) is 0.983. The molecule has 0 saturated heterocycles. The van der Waals surface area contributed by atoms with E-state index in [9.17, 15) is 0 Å². The van der Waals surface area contributed by atoms with Crippen molar-refractivity contribution >= 4 is 28.9 Å². The summed E-state index contributed by atoms with van der Waals surface area (Å²) in [6, 6.07) is 0. The van der Waals surface area contributed by atoms with Crippen LogP contribution in [0.25, 0.3) is 5.70 Å². The Labute approximate surface area is 73.9 Å². The Kier molecular flexibility index (Phi) is 2.31. The molecular formula is C6H5Cl2N3. The second-order valence-corrected chi connectivity index (χ2v) is 2.56. The van der Waals surface area contributed by atoms with Gasteiger partial charge in [0.2, 0.25) is 5.28 Å². The molecule has 0 aromatic carbocycles. The lowest BCUT2D eigenvalue weighted by molar-refractivity contribution is 1.15. The minimum absolute atomic E-state index is 0.0972. The van der Waals surface area contributed by atoms with Gasteiger partial charge in [-0.25, -0.2) is 9.97 Å². The van der Waals surface area contributed by atoms with Crippen LogP contribution < -0.4 is 5.73 Å². The third-order valence-electron chi connectivity index (χ3n) is 1.06. The fourth-order valence-electron chi connectivity index (χ4n) is 0.557. The molecule has 1 aromatic heterocycles. The number of aromatic nitrogens is 2. The first-order chi connectivity index (χ1) is 5.11. The van der Waals surface area contributed by atoms with Crippen molar-refractivity contribution in [3.8, 4) is 0 Å².